The molecular weight excluding hydrogens is 502 g/mol. The SMILES string of the molecule is COC(=O)N1CCC(NC(=O)C(N)Cc2c(C)cc(O)cc2C)c2cc(C[C@@H]3Cc4ccccc4C3C)ccc21. The van der Waals surface area contributed by atoms with Crippen molar-refractivity contribution in [3.8, 4) is 5.75 Å². The number of anilines is 1. The maximum atomic E-state index is 13.3. The standard InChI is InChI=1S/C33H39N3O4/c1-19-13-25(37)14-20(2)27(19)18-29(34)32(38)35-30-11-12-36(33(39)40-4)31-10-9-22(16-28(30)31)15-24-17-23-7-5-6-8-26(23)21(24)3/h5-10,13-14,16,21,24,29-30,37H,11-12,15,17-18,34H2,1-4H3,(H,35,38)/t21?,24-,29?,30?/m1/s1. The summed E-state index contributed by atoms with van der Waals surface area (Å²) in [6.45, 7) is 6.56. The van der Waals surface area contributed by atoms with E-state index in [1.165, 1.54) is 23.8 Å². The van der Waals surface area contributed by atoms with Crippen LogP contribution in [0, 0.1) is 19.8 Å². The third kappa shape index (κ3) is 5.43. The van der Waals surface area contributed by atoms with Crippen LogP contribution in [0.1, 0.15) is 64.2 Å². The van der Waals surface area contributed by atoms with Crippen molar-refractivity contribution >= 4 is 17.7 Å². The number of nitrogens with one attached hydrogen (secondary N) is 1. The minimum Gasteiger partial charge on any atom is -0.508 e. The Morgan fingerprint density at radius 3 is 2.52 bits per heavy atom. The van der Waals surface area contributed by atoms with Crippen molar-refractivity contribution in [1.82, 2.24) is 5.32 Å². The molecule has 4 atom stereocenters. The molecule has 0 spiro atoms. The molecule has 1 aliphatic heterocycles. The number of carbonyl (C=O) groups excluding carboxylic acids is 2. The highest BCUT2D eigenvalue weighted by Gasteiger charge is 2.33. The number of hydrogen-bond acceptors (Lipinski definition) is 5. The molecule has 4 N–H and O–H groups in total. The smallest absolute Gasteiger partial charge is 0.414 e. The molecule has 3 aromatic rings. The molecule has 7 heteroatoms. The summed E-state index contributed by atoms with van der Waals surface area (Å²) in [5.41, 5.74) is 14.9. The Morgan fingerprint density at radius 2 is 1.82 bits per heavy atom. The number of hydrogen-bond donors (Lipinski definition) is 3. The summed E-state index contributed by atoms with van der Waals surface area (Å²) in [6.07, 6.45) is 2.49. The minimum absolute atomic E-state index is 0.206. The van der Waals surface area contributed by atoms with E-state index in [4.69, 9.17) is 10.5 Å². The van der Waals surface area contributed by atoms with Gasteiger partial charge < -0.3 is 20.9 Å². The Bertz CT molecular complexity index is 1410. The second-order valence-electron chi connectivity index (χ2n) is 11.4. The van der Waals surface area contributed by atoms with Crippen LogP contribution in [0.5, 0.6) is 5.75 Å². The van der Waals surface area contributed by atoms with E-state index in [-0.39, 0.29) is 17.7 Å². The fourth-order valence-electron chi connectivity index (χ4n) is 6.55. The summed E-state index contributed by atoms with van der Waals surface area (Å²) in [5.74, 6) is 0.935. The molecule has 0 saturated heterocycles. The maximum Gasteiger partial charge on any atom is 0.414 e. The Kier molecular flexibility index (Phi) is 7.86. The first kappa shape index (κ1) is 27.7. The van der Waals surface area contributed by atoms with Crippen LogP contribution in [0.2, 0.25) is 0 Å². The van der Waals surface area contributed by atoms with Crippen molar-refractivity contribution in [3.05, 3.63) is 93.5 Å². The number of amides is 2. The van der Waals surface area contributed by atoms with Crippen LogP contribution in [-0.4, -0.2) is 36.8 Å². The van der Waals surface area contributed by atoms with Gasteiger partial charge in [-0.1, -0.05) is 43.3 Å². The fraction of sp³-hybridized carbons (Fsp3) is 0.394. The second kappa shape index (κ2) is 11.3. The summed E-state index contributed by atoms with van der Waals surface area (Å²) in [4.78, 5) is 27.5. The van der Waals surface area contributed by atoms with Gasteiger partial charge in [-0.15, -0.1) is 0 Å². The quantitative estimate of drug-likeness (QED) is 0.396. The van der Waals surface area contributed by atoms with Crippen LogP contribution in [0.4, 0.5) is 10.5 Å². The molecule has 40 heavy (non-hydrogen) atoms. The topological polar surface area (TPSA) is 105 Å². The van der Waals surface area contributed by atoms with Gasteiger partial charge in [0.2, 0.25) is 5.91 Å². The van der Waals surface area contributed by atoms with E-state index >= 15 is 0 Å². The molecule has 3 aromatic carbocycles. The first-order valence-electron chi connectivity index (χ1n) is 14.1. The van der Waals surface area contributed by atoms with Gasteiger partial charge >= 0.3 is 6.09 Å². The van der Waals surface area contributed by atoms with E-state index < -0.39 is 12.1 Å². The molecular formula is C33H39N3O4. The molecule has 1 heterocycles. The molecule has 0 aromatic heterocycles. The van der Waals surface area contributed by atoms with E-state index in [1.807, 2.05) is 19.9 Å². The molecule has 0 fully saturated rings. The van der Waals surface area contributed by atoms with E-state index in [0.29, 0.717) is 31.2 Å². The molecule has 210 valence electrons. The van der Waals surface area contributed by atoms with Crippen molar-refractivity contribution in [2.75, 3.05) is 18.6 Å². The lowest BCUT2D eigenvalue weighted by Crippen LogP contribution is -2.46. The molecule has 2 amide bonds. The van der Waals surface area contributed by atoms with Gasteiger partial charge in [0.15, 0.2) is 0 Å². The third-order valence-electron chi connectivity index (χ3n) is 8.79. The van der Waals surface area contributed by atoms with Crippen LogP contribution in [0.25, 0.3) is 0 Å². The number of carbonyl (C=O) groups is 2. The van der Waals surface area contributed by atoms with Gasteiger partial charge in [-0.05, 0) is 109 Å². The lowest BCUT2D eigenvalue weighted by molar-refractivity contribution is -0.123. The molecule has 0 radical (unpaired) electrons. The lowest BCUT2D eigenvalue weighted by Gasteiger charge is -2.35. The van der Waals surface area contributed by atoms with E-state index in [9.17, 15) is 14.7 Å². The molecule has 0 bridgehead atoms. The van der Waals surface area contributed by atoms with Gasteiger partial charge in [0.25, 0.3) is 0 Å². The Hall–Kier alpha value is -3.84. The van der Waals surface area contributed by atoms with E-state index in [2.05, 4.69) is 48.6 Å². The number of fused-ring (bicyclic) bond motifs is 2. The highest BCUT2D eigenvalue weighted by atomic mass is 16.5. The normalized spacial score (nSPS) is 20.4. The average Bonchev–Trinajstić information content (AvgIpc) is 3.25. The summed E-state index contributed by atoms with van der Waals surface area (Å²) in [5, 5.41) is 13.0. The fourth-order valence-corrected chi connectivity index (χ4v) is 6.55. The van der Waals surface area contributed by atoms with Gasteiger partial charge in [-0.2, -0.15) is 0 Å². The van der Waals surface area contributed by atoms with Gasteiger partial charge in [-0.3, -0.25) is 9.69 Å². The lowest BCUT2D eigenvalue weighted by atomic mass is 9.86. The highest BCUT2D eigenvalue weighted by Crippen LogP contribution is 2.41. The van der Waals surface area contributed by atoms with Gasteiger partial charge in [-0.25, -0.2) is 4.79 Å². The van der Waals surface area contributed by atoms with Crippen LogP contribution >= 0.6 is 0 Å². The van der Waals surface area contributed by atoms with Crippen molar-refractivity contribution in [2.45, 2.75) is 64.5 Å². The zero-order valence-electron chi connectivity index (χ0n) is 23.7. The van der Waals surface area contributed by atoms with Crippen molar-refractivity contribution in [3.63, 3.8) is 0 Å². The largest absolute Gasteiger partial charge is 0.508 e. The summed E-state index contributed by atoms with van der Waals surface area (Å²) < 4.78 is 5.05. The molecule has 1 aliphatic carbocycles. The number of ether oxygens (including phenoxy) is 1. The number of nitrogens with two attached hydrogens (primary N) is 1. The Balaban J connectivity index is 1.36. The molecule has 5 rings (SSSR count). The number of phenolic OH excluding ortho intramolecular Hbond substituents is 1. The first-order chi connectivity index (χ1) is 19.2. The second-order valence-corrected chi connectivity index (χ2v) is 11.4. The number of aromatic hydroxyl groups is 1. The number of phenols is 1. The first-order valence-corrected chi connectivity index (χ1v) is 14.1. The minimum atomic E-state index is -0.745. The molecule has 0 saturated carbocycles. The third-order valence-corrected chi connectivity index (χ3v) is 8.79. The maximum absolute atomic E-state index is 13.3. The molecule has 3 unspecified atom stereocenters. The number of rotatable bonds is 6. The number of methoxy groups -OCH3 is 1. The highest BCUT2D eigenvalue weighted by molar-refractivity contribution is 5.90. The number of nitrogens with zero attached hydrogens (tertiary/aromatic N) is 1. The van der Waals surface area contributed by atoms with Crippen LogP contribution in [0.3, 0.4) is 0 Å². The van der Waals surface area contributed by atoms with Crippen LogP contribution < -0.4 is 16.0 Å². The predicted molar refractivity (Wildman–Crippen MR) is 157 cm³/mol. The van der Waals surface area contributed by atoms with Crippen LogP contribution in [0.15, 0.2) is 54.6 Å². The van der Waals surface area contributed by atoms with E-state index in [0.717, 1.165) is 40.8 Å². The Morgan fingerprint density at radius 1 is 1.10 bits per heavy atom. The summed E-state index contributed by atoms with van der Waals surface area (Å²) in [6, 6.07) is 17.3. The zero-order chi connectivity index (χ0) is 28.6. The monoisotopic (exact) mass is 541 g/mol. The number of benzene rings is 3. The summed E-state index contributed by atoms with van der Waals surface area (Å²) in [7, 11) is 1.38. The van der Waals surface area contributed by atoms with Crippen molar-refractivity contribution < 1.29 is 19.4 Å². The zero-order valence-corrected chi connectivity index (χ0v) is 23.7. The van der Waals surface area contributed by atoms with E-state index in [1.54, 1.807) is 17.0 Å². The van der Waals surface area contributed by atoms with Gasteiger partial charge in [0, 0.05) is 6.54 Å². The predicted octanol–water partition coefficient (Wildman–Crippen LogP) is 5.23. The Labute approximate surface area is 236 Å². The molecule has 2 aliphatic rings. The van der Waals surface area contributed by atoms with Crippen LogP contribution in [-0.2, 0) is 28.8 Å². The molecule has 7 nitrogen and oxygen atoms in total. The van der Waals surface area contributed by atoms with Crippen molar-refractivity contribution in [1.29, 1.82) is 0 Å². The van der Waals surface area contributed by atoms with Gasteiger partial charge in [0.1, 0.15) is 5.75 Å². The summed E-state index contributed by atoms with van der Waals surface area (Å²) >= 11 is 0. The number of aryl methyl sites for hydroxylation is 2. The van der Waals surface area contributed by atoms with Crippen molar-refractivity contribution in [2.24, 2.45) is 11.7 Å². The average molecular weight is 542 g/mol. The van der Waals surface area contributed by atoms with Gasteiger partial charge in [0.05, 0.1) is 24.9 Å².